The van der Waals surface area contributed by atoms with Gasteiger partial charge in [0, 0.05) is 0 Å². The van der Waals surface area contributed by atoms with Crippen molar-refractivity contribution in [2.24, 2.45) is 22.7 Å². The summed E-state index contributed by atoms with van der Waals surface area (Å²) in [6.45, 7) is 23.3. The molecule has 23 heavy (non-hydrogen) atoms. The quantitative estimate of drug-likeness (QED) is 0.404. The Morgan fingerprint density at radius 1 is 0.609 bits per heavy atom. The number of hydrogen-bond donors (Lipinski definition) is 0. The van der Waals surface area contributed by atoms with Crippen LogP contribution < -0.4 is 0 Å². The van der Waals surface area contributed by atoms with Crippen LogP contribution in [0.25, 0.3) is 0 Å². The molecular weight excluding hydrogens is 280 g/mol. The van der Waals surface area contributed by atoms with E-state index < -0.39 is 0 Å². The Morgan fingerprint density at radius 3 is 1.13 bits per heavy atom. The first-order chi connectivity index (χ1) is 10.4. The molecule has 0 spiro atoms. The Hall–Kier alpha value is -0.0400. The molecule has 0 aromatic rings. The molecule has 0 aromatic heterocycles. The molecule has 1 nitrogen and oxygen atoms in total. The lowest BCUT2D eigenvalue weighted by atomic mass is 9.81. The Morgan fingerprint density at radius 2 is 0.913 bits per heavy atom. The van der Waals surface area contributed by atoms with E-state index in [2.05, 4.69) is 69.2 Å². The predicted molar refractivity (Wildman–Crippen MR) is 105 cm³/mol. The van der Waals surface area contributed by atoms with Crippen LogP contribution in [-0.4, -0.2) is 12.2 Å². The SMILES string of the molecule is CCC(C)CCC(OC(CCC(C)CC)C(C)(C)C)C(C)(C)C. The van der Waals surface area contributed by atoms with Gasteiger partial charge in [0.25, 0.3) is 0 Å². The van der Waals surface area contributed by atoms with Crippen LogP contribution in [0.3, 0.4) is 0 Å². The second kappa shape index (κ2) is 10.1. The van der Waals surface area contributed by atoms with E-state index in [0.29, 0.717) is 12.2 Å². The maximum atomic E-state index is 6.77. The summed E-state index contributed by atoms with van der Waals surface area (Å²) in [5, 5.41) is 0. The van der Waals surface area contributed by atoms with E-state index in [1.54, 1.807) is 0 Å². The van der Waals surface area contributed by atoms with Crippen LogP contribution >= 0.6 is 0 Å². The molecule has 0 radical (unpaired) electrons. The van der Waals surface area contributed by atoms with E-state index in [-0.39, 0.29) is 10.8 Å². The summed E-state index contributed by atoms with van der Waals surface area (Å²) in [5.74, 6) is 1.60. The average molecular weight is 327 g/mol. The van der Waals surface area contributed by atoms with Crippen LogP contribution in [-0.2, 0) is 4.74 Å². The van der Waals surface area contributed by atoms with Crippen molar-refractivity contribution < 1.29 is 4.74 Å². The standard InChI is InChI=1S/C22H46O/c1-11-17(3)13-15-19(21(5,6)7)23-20(22(8,9)10)16-14-18(4)12-2/h17-20H,11-16H2,1-10H3. The summed E-state index contributed by atoms with van der Waals surface area (Å²) in [5.41, 5.74) is 0.431. The van der Waals surface area contributed by atoms with Crippen molar-refractivity contribution in [2.75, 3.05) is 0 Å². The van der Waals surface area contributed by atoms with Crippen LogP contribution in [0, 0.1) is 22.7 Å². The lowest BCUT2D eigenvalue weighted by Gasteiger charge is -2.40. The monoisotopic (exact) mass is 326 g/mol. The van der Waals surface area contributed by atoms with Crippen molar-refractivity contribution in [2.45, 2.75) is 120 Å². The van der Waals surface area contributed by atoms with Gasteiger partial charge in [-0.1, -0.05) is 82.1 Å². The van der Waals surface area contributed by atoms with Gasteiger partial charge in [-0.05, 0) is 48.3 Å². The number of ether oxygens (including phenoxy) is 1. The summed E-state index contributed by atoms with van der Waals surface area (Å²) < 4.78 is 6.77. The van der Waals surface area contributed by atoms with Gasteiger partial charge in [0.15, 0.2) is 0 Å². The fourth-order valence-electron chi connectivity index (χ4n) is 2.89. The van der Waals surface area contributed by atoms with Crippen LogP contribution in [0.2, 0.25) is 0 Å². The largest absolute Gasteiger partial charge is 0.374 e. The molecule has 140 valence electrons. The lowest BCUT2D eigenvalue weighted by molar-refractivity contribution is -0.115. The van der Waals surface area contributed by atoms with Gasteiger partial charge in [-0.3, -0.25) is 0 Å². The smallest absolute Gasteiger partial charge is 0.0627 e. The molecule has 0 bridgehead atoms. The molecule has 4 unspecified atom stereocenters. The van der Waals surface area contributed by atoms with Crippen molar-refractivity contribution in [1.29, 1.82) is 0 Å². The normalized spacial score (nSPS) is 18.5. The average Bonchev–Trinajstić information content (AvgIpc) is 2.42. The fraction of sp³-hybridized carbons (Fsp3) is 1.00. The molecule has 0 saturated heterocycles. The van der Waals surface area contributed by atoms with Crippen molar-refractivity contribution in [3.63, 3.8) is 0 Å². The van der Waals surface area contributed by atoms with Crippen LogP contribution in [0.1, 0.15) is 108 Å². The predicted octanol–water partition coefficient (Wildman–Crippen LogP) is 7.49. The molecule has 0 aromatic carbocycles. The molecule has 0 aliphatic rings. The highest BCUT2D eigenvalue weighted by atomic mass is 16.5. The van der Waals surface area contributed by atoms with E-state index in [0.717, 1.165) is 11.8 Å². The van der Waals surface area contributed by atoms with Gasteiger partial charge in [-0.25, -0.2) is 0 Å². The second-order valence-electron chi connectivity index (χ2n) is 10.0. The first-order valence-corrected chi connectivity index (χ1v) is 10.1. The third-order valence-electron chi connectivity index (χ3n) is 5.50. The maximum Gasteiger partial charge on any atom is 0.0627 e. The molecule has 0 aliphatic heterocycles. The van der Waals surface area contributed by atoms with E-state index in [1.165, 1.54) is 38.5 Å². The van der Waals surface area contributed by atoms with Gasteiger partial charge in [0.05, 0.1) is 12.2 Å². The highest BCUT2D eigenvalue weighted by Gasteiger charge is 2.33. The first kappa shape index (κ1) is 23.0. The molecule has 0 aliphatic carbocycles. The molecule has 0 fully saturated rings. The van der Waals surface area contributed by atoms with Crippen molar-refractivity contribution >= 4 is 0 Å². The Bertz CT molecular complexity index is 264. The summed E-state index contributed by atoms with van der Waals surface area (Å²) >= 11 is 0. The van der Waals surface area contributed by atoms with Crippen molar-refractivity contribution in [1.82, 2.24) is 0 Å². The topological polar surface area (TPSA) is 9.23 Å². The van der Waals surface area contributed by atoms with Gasteiger partial charge in [-0.15, -0.1) is 0 Å². The van der Waals surface area contributed by atoms with Gasteiger partial charge < -0.3 is 4.74 Å². The minimum Gasteiger partial charge on any atom is -0.374 e. The highest BCUT2D eigenvalue weighted by molar-refractivity contribution is 4.82. The number of rotatable bonds is 10. The Kier molecular flexibility index (Phi) is 10.0. The van der Waals surface area contributed by atoms with Crippen molar-refractivity contribution in [3.8, 4) is 0 Å². The van der Waals surface area contributed by atoms with E-state index in [4.69, 9.17) is 4.74 Å². The fourth-order valence-corrected chi connectivity index (χ4v) is 2.89. The van der Waals surface area contributed by atoms with Crippen molar-refractivity contribution in [3.05, 3.63) is 0 Å². The van der Waals surface area contributed by atoms with Gasteiger partial charge >= 0.3 is 0 Å². The van der Waals surface area contributed by atoms with E-state index in [1.807, 2.05) is 0 Å². The third-order valence-corrected chi connectivity index (χ3v) is 5.50. The van der Waals surface area contributed by atoms with Gasteiger partial charge in [0.1, 0.15) is 0 Å². The van der Waals surface area contributed by atoms with E-state index >= 15 is 0 Å². The molecule has 0 heterocycles. The lowest BCUT2D eigenvalue weighted by Crippen LogP contribution is -2.39. The Balaban J connectivity index is 4.91. The molecule has 0 rings (SSSR count). The van der Waals surface area contributed by atoms with Gasteiger partial charge in [-0.2, -0.15) is 0 Å². The third kappa shape index (κ3) is 9.75. The summed E-state index contributed by atoms with van der Waals surface area (Å²) in [6.07, 6.45) is 8.20. The van der Waals surface area contributed by atoms with E-state index in [9.17, 15) is 0 Å². The Labute approximate surface area is 148 Å². The van der Waals surface area contributed by atoms with Crippen LogP contribution in [0.5, 0.6) is 0 Å². The summed E-state index contributed by atoms with van der Waals surface area (Å²) in [4.78, 5) is 0. The minimum absolute atomic E-state index is 0.216. The minimum atomic E-state index is 0.216. The van der Waals surface area contributed by atoms with Crippen LogP contribution in [0.15, 0.2) is 0 Å². The molecule has 4 atom stereocenters. The molecule has 1 heteroatoms. The summed E-state index contributed by atoms with van der Waals surface area (Å²) in [7, 11) is 0. The zero-order valence-corrected chi connectivity index (χ0v) is 18.0. The zero-order chi connectivity index (χ0) is 18.3. The first-order valence-electron chi connectivity index (χ1n) is 10.1. The molecular formula is C22H46O. The molecule has 0 N–H and O–H groups in total. The van der Waals surface area contributed by atoms with Gasteiger partial charge in [0.2, 0.25) is 0 Å². The highest BCUT2D eigenvalue weighted by Crippen LogP contribution is 2.35. The number of hydrogen-bond acceptors (Lipinski definition) is 1. The molecule has 0 amide bonds. The molecule has 0 saturated carbocycles. The second-order valence-corrected chi connectivity index (χ2v) is 10.0. The maximum absolute atomic E-state index is 6.77. The summed E-state index contributed by atoms with van der Waals surface area (Å²) in [6, 6.07) is 0. The van der Waals surface area contributed by atoms with Crippen LogP contribution in [0.4, 0.5) is 0 Å². The zero-order valence-electron chi connectivity index (χ0n) is 18.0.